The van der Waals surface area contributed by atoms with E-state index < -0.39 is 0 Å². The van der Waals surface area contributed by atoms with E-state index >= 15 is 0 Å². The first kappa shape index (κ1) is 13.4. The van der Waals surface area contributed by atoms with E-state index in [9.17, 15) is 4.79 Å². The molecule has 0 radical (unpaired) electrons. The number of fused-ring (bicyclic) bond motifs is 2. The first-order chi connectivity index (χ1) is 9.06. The Balaban J connectivity index is 1.67. The van der Waals surface area contributed by atoms with Gasteiger partial charge in [-0.05, 0) is 66.5 Å². The van der Waals surface area contributed by atoms with E-state index in [4.69, 9.17) is 0 Å². The third-order valence-electron chi connectivity index (χ3n) is 4.90. The molecule has 2 bridgehead atoms. The monoisotopic (exact) mass is 373 g/mol. The van der Waals surface area contributed by atoms with Crippen LogP contribution in [0.25, 0.3) is 0 Å². The molecule has 1 aromatic rings. The third kappa shape index (κ3) is 2.41. The molecular formula is C14H20IN3O. The fraction of sp³-hybridized carbons (Fsp3) is 0.714. The van der Waals surface area contributed by atoms with Crippen molar-refractivity contribution in [3.05, 3.63) is 15.5 Å². The van der Waals surface area contributed by atoms with Crippen LogP contribution in [0.3, 0.4) is 0 Å². The van der Waals surface area contributed by atoms with Gasteiger partial charge in [-0.3, -0.25) is 9.48 Å². The van der Waals surface area contributed by atoms with Gasteiger partial charge in [0.05, 0.1) is 9.77 Å². The third-order valence-corrected chi connectivity index (χ3v) is 5.69. The van der Waals surface area contributed by atoms with Crippen molar-refractivity contribution >= 4 is 28.5 Å². The molecule has 2 saturated carbocycles. The highest BCUT2D eigenvalue weighted by Crippen LogP contribution is 2.49. The second-order valence-electron chi connectivity index (χ2n) is 6.07. The number of carbonyl (C=O) groups is 1. The highest BCUT2D eigenvalue weighted by Gasteiger charge is 2.42. The van der Waals surface area contributed by atoms with E-state index in [0.717, 1.165) is 15.4 Å². The molecule has 0 aliphatic heterocycles. The normalized spacial score (nSPS) is 30.6. The molecule has 104 valence electrons. The first-order valence-electron chi connectivity index (χ1n) is 7.04. The molecule has 4 nitrogen and oxygen atoms in total. The van der Waals surface area contributed by atoms with Gasteiger partial charge in [-0.1, -0.05) is 6.42 Å². The van der Waals surface area contributed by atoms with E-state index in [1.807, 2.05) is 7.05 Å². The Bertz CT molecular complexity index is 479. The summed E-state index contributed by atoms with van der Waals surface area (Å²) in [5.41, 5.74) is 0.676. The average Bonchev–Trinajstić information content (AvgIpc) is 3.05. The number of carbonyl (C=O) groups excluding carboxylic acids is 1. The van der Waals surface area contributed by atoms with Gasteiger partial charge in [-0.15, -0.1) is 0 Å². The Morgan fingerprint density at radius 3 is 2.84 bits per heavy atom. The van der Waals surface area contributed by atoms with Crippen LogP contribution in [0, 0.1) is 21.3 Å². The molecule has 1 heterocycles. The molecule has 0 unspecified atom stereocenters. The smallest absolute Gasteiger partial charge is 0.270 e. The molecule has 0 spiro atoms. The Morgan fingerprint density at radius 1 is 1.53 bits per heavy atom. The van der Waals surface area contributed by atoms with E-state index in [2.05, 4.69) is 39.9 Å². The number of hydrogen-bond acceptors (Lipinski definition) is 2. The number of nitrogens with zero attached hydrogens (tertiary/aromatic N) is 2. The Hall–Kier alpha value is -0.590. The van der Waals surface area contributed by atoms with Crippen LogP contribution in [-0.4, -0.2) is 21.7 Å². The maximum Gasteiger partial charge on any atom is 0.270 e. The zero-order valence-corrected chi connectivity index (χ0v) is 13.6. The quantitative estimate of drug-likeness (QED) is 0.828. The van der Waals surface area contributed by atoms with Crippen molar-refractivity contribution in [2.75, 3.05) is 0 Å². The van der Waals surface area contributed by atoms with Gasteiger partial charge in [-0.2, -0.15) is 5.10 Å². The maximum absolute atomic E-state index is 12.3. The SMILES string of the molecule is C[C@@H](NC(=O)c1c(I)cnn1C)[C@H]1C[C@H]2CC[C@H]1C2. The fourth-order valence-electron chi connectivity index (χ4n) is 3.95. The van der Waals surface area contributed by atoms with E-state index in [-0.39, 0.29) is 11.9 Å². The predicted octanol–water partition coefficient (Wildman–Crippen LogP) is 2.58. The molecule has 0 saturated heterocycles. The second-order valence-corrected chi connectivity index (χ2v) is 7.23. The minimum absolute atomic E-state index is 0.0136. The van der Waals surface area contributed by atoms with Gasteiger partial charge in [0.15, 0.2) is 0 Å². The van der Waals surface area contributed by atoms with Gasteiger partial charge < -0.3 is 5.32 Å². The lowest BCUT2D eigenvalue weighted by Gasteiger charge is -2.28. The van der Waals surface area contributed by atoms with Crippen molar-refractivity contribution in [1.82, 2.24) is 15.1 Å². The molecular weight excluding hydrogens is 353 g/mol. The molecule has 19 heavy (non-hydrogen) atoms. The minimum atomic E-state index is 0.0136. The Kier molecular flexibility index (Phi) is 3.57. The number of halogens is 1. The number of aryl methyl sites for hydroxylation is 1. The van der Waals surface area contributed by atoms with Gasteiger partial charge in [-0.25, -0.2) is 0 Å². The minimum Gasteiger partial charge on any atom is -0.348 e. The lowest BCUT2D eigenvalue weighted by Crippen LogP contribution is -2.41. The topological polar surface area (TPSA) is 46.9 Å². The van der Waals surface area contributed by atoms with Crippen LogP contribution in [0.4, 0.5) is 0 Å². The summed E-state index contributed by atoms with van der Waals surface area (Å²) >= 11 is 2.17. The molecule has 4 atom stereocenters. The van der Waals surface area contributed by atoms with Crippen LogP contribution in [0.5, 0.6) is 0 Å². The van der Waals surface area contributed by atoms with Gasteiger partial charge in [0.1, 0.15) is 5.69 Å². The average molecular weight is 373 g/mol. The summed E-state index contributed by atoms with van der Waals surface area (Å²) in [7, 11) is 1.82. The van der Waals surface area contributed by atoms with Crippen molar-refractivity contribution in [2.45, 2.75) is 38.6 Å². The molecule has 1 amide bonds. The summed E-state index contributed by atoms with van der Waals surface area (Å²) in [6.07, 6.45) is 7.18. The summed E-state index contributed by atoms with van der Waals surface area (Å²) in [5, 5.41) is 7.31. The van der Waals surface area contributed by atoms with Crippen LogP contribution in [0.2, 0.25) is 0 Å². The van der Waals surface area contributed by atoms with Crippen LogP contribution in [-0.2, 0) is 7.05 Å². The number of rotatable bonds is 3. The summed E-state index contributed by atoms with van der Waals surface area (Å²) in [6, 6.07) is 0.272. The number of aromatic nitrogens is 2. The maximum atomic E-state index is 12.3. The van der Waals surface area contributed by atoms with Gasteiger partial charge >= 0.3 is 0 Å². The molecule has 2 aliphatic rings. The second kappa shape index (κ2) is 5.07. The van der Waals surface area contributed by atoms with Crippen molar-refractivity contribution in [1.29, 1.82) is 0 Å². The van der Waals surface area contributed by atoms with E-state index in [0.29, 0.717) is 11.6 Å². The number of hydrogen-bond donors (Lipinski definition) is 1. The predicted molar refractivity (Wildman–Crippen MR) is 81.8 cm³/mol. The van der Waals surface area contributed by atoms with Gasteiger partial charge in [0, 0.05) is 13.1 Å². The van der Waals surface area contributed by atoms with Crippen molar-refractivity contribution in [3.63, 3.8) is 0 Å². The van der Waals surface area contributed by atoms with E-state index in [1.54, 1.807) is 10.9 Å². The summed E-state index contributed by atoms with van der Waals surface area (Å²) < 4.78 is 2.57. The van der Waals surface area contributed by atoms with Crippen LogP contribution in [0.15, 0.2) is 6.20 Å². The molecule has 3 rings (SSSR count). The van der Waals surface area contributed by atoms with Crippen LogP contribution >= 0.6 is 22.6 Å². The zero-order valence-electron chi connectivity index (χ0n) is 11.4. The molecule has 5 heteroatoms. The lowest BCUT2D eigenvalue weighted by molar-refractivity contribution is 0.0904. The van der Waals surface area contributed by atoms with Crippen LogP contribution in [0.1, 0.15) is 43.1 Å². The molecule has 2 fully saturated rings. The van der Waals surface area contributed by atoms with Crippen molar-refractivity contribution in [2.24, 2.45) is 24.8 Å². The summed E-state index contributed by atoms with van der Waals surface area (Å²) in [4.78, 5) is 12.3. The molecule has 0 aromatic carbocycles. The highest BCUT2D eigenvalue weighted by molar-refractivity contribution is 14.1. The largest absolute Gasteiger partial charge is 0.348 e. The number of nitrogens with one attached hydrogen (secondary N) is 1. The Labute approximate surface area is 127 Å². The Morgan fingerprint density at radius 2 is 2.32 bits per heavy atom. The van der Waals surface area contributed by atoms with Gasteiger partial charge in [0.25, 0.3) is 5.91 Å². The van der Waals surface area contributed by atoms with E-state index in [1.165, 1.54) is 25.7 Å². The molecule has 1 aromatic heterocycles. The zero-order chi connectivity index (χ0) is 13.6. The van der Waals surface area contributed by atoms with Gasteiger partial charge in [0.2, 0.25) is 0 Å². The lowest BCUT2D eigenvalue weighted by atomic mass is 9.84. The van der Waals surface area contributed by atoms with Crippen LogP contribution < -0.4 is 5.32 Å². The first-order valence-corrected chi connectivity index (χ1v) is 8.12. The van der Waals surface area contributed by atoms with Crippen molar-refractivity contribution in [3.8, 4) is 0 Å². The fourth-order valence-corrected chi connectivity index (χ4v) is 4.67. The summed E-state index contributed by atoms with van der Waals surface area (Å²) in [5.74, 6) is 2.45. The standard InChI is InChI=1S/C14H20IN3O/c1-8(11-6-9-3-4-10(11)5-9)17-14(19)13-12(15)7-16-18(13)2/h7-11H,3-6H2,1-2H3,(H,17,19)/t8-,9+,10+,11-/m1/s1. The molecule has 1 N–H and O–H groups in total. The summed E-state index contributed by atoms with van der Waals surface area (Å²) in [6.45, 7) is 2.16. The molecule has 2 aliphatic carbocycles. The number of amides is 1. The van der Waals surface area contributed by atoms with Crippen molar-refractivity contribution < 1.29 is 4.79 Å². The highest BCUT2D eigenvalue weighted by atomic mass is 127.